The zero-order chi connectivity index (χ0) is 16.2. The Balaban J connectivity index is 1.57. The molecule has 2 heterocycles. The fourth-order valence-corrected chi connectivity index (χ4v) is 3.42. The first-order chi connectivity index (χ1) is 11.1. The van der Waals surface area contributed by atoms with E-state index in [2.05, 4.69) is 17.0 Å². The van der Waals surface area contributed by atoms with Crippen LogP contribution in [-0.4, -0.2) is 43.1 Å². The standard InChI is InChI=1S/C18H22N2O2S/c1-14(2)22-16-7-5-15(6-8-16)19-9-11-20(12-10-19)18(21)17-4-3-13-23-17/h3-8,13-14H,9-12H2,1-2H3. The summed E-state index contributed by atoms with van der Waals surface area (Å²) in [6.45, 7) is 7.31. The lowest BCUT2D eigenvalue weighted by Gasteiger charge is -2.36. The Hall–Kier alpha value is -2.01. The molecule has 4 nitrogen and oxygen atoms in total. The number of thiophene rings is 1. The number of amides is 1. The molecule has 5 heteroatoms. The van der Waals surface area contributed by atoms with E-state index in [9.17, 15) is 4.79 Å². The highest BCUT2D eigenvalue weighted by Crippen LogP contribution is 2.22. The van der Waals surface area contributed by atoms with E-state index in [0.717, 1.165) is 36.8 Å². The summed E-state index contributed by atoms with van der Waals surface area (Å²) in [5, 5.41) is 1.95. The number of anilines is 1. The number of rotatable bonds is 4. The number of piperazine rings is 1. The number of nitrogens with zero attached hydrogens (tertiary/aromatic N) is 2. The van der Waals surface area contributed by atoms with E-state index in [1.165, 1.54) is 17.0 Å². The van der Waals surface area contributed by atoms with Gasteiger partial charge in [0, 0.05) is 31.9 Å². The van der Waals surface area contributed by atoms with Crippen LogP contribution in [0.25, 0.3) is 0 Å². The van der Waals surface area contributed by atoms with Crippen LogP contribution in [0.2, 0.25) is 0 Å². The molecule has 1 amide bonds. The van der Waals surface area contributed by atoms with Gasteiger partial charge in [-0.15, -0.1) is 11.3 Å². The summed E-state index contributed by atoms with van der Waals surface area (Å²) in [6.07, 6.45) is 0.188. The third-order valence-corrected chi connectivity index (χ3v) is 4.73. The molecule has 122 valence electrons. The second kappa shape index (κ2) is 7.04. The maximum atomic E-state index is 12.4. The van der Waals surface area contributed by atoms with Gasteiger partial charge < -0.3 is 14.5 Å². The highest BCUT2D eigenvalue weighted by molar-refractivity contribution is 7.12. The average Bonchev–Trinajstić information content (AvgIpc) is 3.09. The van der Waals surface area contributed by atoms with Crippen molar-refractivity contribution in [2.75, 3.05) is 31.1 Å². The van der Waals surface area contributed by atoms with Crippen LogP contribution in [0.4, 0.5) is 5.69 Å². The average molecular weight is 330 g/mol. The fourth-order valence-electron chi connectivity index (χ4n) is 2.73. The maximum absolute atomic E-state index is 12.4. The van der Waals surface area contributed by atoms with Crippen molar-refractivity contribution in [1.82, 2.24) is 4.90 Å². The van der Waals surface area contributed by atoms with Crippen LogP contribution in [-0.2, 0) is 0 Å². The minimum absolute atomic E-state index is 0.153. The van der Waals surface area contributed by atoms with Gasteiger partial charge in [-0.25, -0.2) is 0 Å². The Morgan fingerprint density at radius 3 is 2.35 bits per heavy atom. The van der Waals surface area contributed by atoms with E-state index >= 15 is 0 Å². The molecular weight excluding hydrogens is 308 g/mol. The first kappa shape index (κ1) is 15.9. The van der Waals surface area contributed by atoms with Gasteiger partial charge in [-0.2, -0.15) is 0 Å². The molecule has 0 aliphatic carbocycles. The zero-order valence-corrected chi connectivity index (χ0v) is 14.4. The van der Waals surface area contributed by atoms with Crippen molar-refractivity contribution in [3.63, 3.8) is 0 Å². The van der Waals surface area contributed by atoms with Gasteiger partial charge in [0.25, 0.3) is 5.91 Å². The molecule has 0 spiro atoms. The Morgan fingerprint density at radius 1 is 1.09 bits per heavy atom. The van der Waals surface area contributed by atoms with Gasteiger partial charge in [0.15, 0.2) is 0 Å². The number of benzene rings is 1. The van der Waals surface area contributed by atoms with E-state index in [4.69, 9.17) is 4.74 Å². The van der Waals surface area contributed by atoms with Gasteiger partial charge in [0.1, 0.15) is 5.75 Å². The van der Waals surface area contributed by atoms with Crippen molar-refractivity contribution in [2.45, 2.75) is 20.0 Å². The number of hydrogen-bond donors (Lipinski definition) is 0. The number of carbonyl (C=O) groups is 1. The number of carbonyl (C=O) groups excluding carboxylic acids is 1. The molecule has 2 aromatic rings. The van der Waals surface area contributed by atoms with Gasteiger partial charge >= 0.3 is 0 Å². The van der Waals surface area contributed by atoms with Crippen LogP contribution in [0, 0.1) is 0 Å². The number of ether oxygens (including phenoxy) is 1. The van der Waals surface area contributed by atoms with Crippen LogP contribution in [0.3, 0.4) is 0 Å². The monoisotopic (exact) mass is 330 g/mol. The van der Waals surface area contributed by atoms with Crippen LogP contribution < -0.4 is 9.64 Å². The summed E-state index contributed by atoms with van der Waals surface area (Å²) >= 11 is 1.51. The number of hydrogen-bond acceptors (Lipinski definition) is 4. The second-order valence-electron chi connectivity index (χ2n) is 5.92. The van der Waals surface area contributed by atoms with Crippen molar-refractivity contribution >= 4 is 22.9 Å². The predicted octanol–water partition coefficient (Wildman–Crippen LogP) is 3.50. The van der Waals surface area contributed by atoms with Gasteiger partial charge in [0.05, 0.1) is 11.0 Å². The van der Waals surface area contributed by atoms with Crippen LogP contribution in [0.1, 0.15) is 23.5 Å². The molecule has 23 heavy (non-hydrogen) atoms. The van der Waals surface area contributed by atoms with E-state index in [1.54, 1.807) is 0 Å². The summed E-state index contributed by atoms with van der Waals surface area (Å²) < 4.78 is 5.68. The summed E-state index contributed by atoms with van der Waals surface area (Å²) in [7, 11) is 0. The van der Waals surface area contributed by atoms with Gasteiger partial charge in [0.2, 0.25) is 0 Å². The Kier molecular flexibility index (Phi) is 4.86. The van der Waals surface area contributed by atoms with Crippen molar-refractivity contribution in [1.29, 1.82) is 0 Å². The second-order valence-corrected chi connectivity index (χ2v) is 6.86. The predicted molar refractivity (Wildman–Crippen MR) is 94.6 cm³/mol. The molecule has 0 radical (unpaired) electrons. The molecule has 0 saturated carbocycles. The first-order valence-corrected chi connectivity index (χ1v) is 8.86. The van der Waals surface area contributed by atoms with Crippen LogP contribution in [0.15, 0.2) is 41.8 Å². The first-order valence-electron chi connectivity index (χ1n) is 7.98. The van der Waals surface area contributed by atoms with Crippen molar-refractivity contribution < 1.29 is 9.53 Å². The lowest BCUT2D eigenvalue weighted by atomic mass is 10.2. The summed E-state index contributed by atoms with van der Waals surface area (Å²) in [6, 6.07) is 12.0. The normalized spacial score (nSPS) is 15.1. The lowest BCUT2D eigenvalue weighted by Crippen LogP contribution is -2.48. The highest BCUT2D eigenvalue weighted by atomic mass is 32.1. The molecule has 0 atom stereocenters. The quantitative estimate of drug-likeness (QED) is 0.860. The van der Waals surface area contributed by atoms with Crippen molar-refractivity contribution in [2.24, 2.45) is 0 Å². The van der Waals surface area contributed by atoms with Crippen LogP contribution >= 0.6 is 11.3 Å². The molecule has 1 aromatic carbocycles. The van der Waals surface area contributed by atoms with E-state index < -0.39 is 0 Å². The third kappa shape index (κ3) is 3.85. The molecule has 0 N–H and O–H groups in total. The van der Waals surface area contributed by atoms with Gasteiger partial charge in [-0.3, -0.25) is 4.79 Å². The molecule has 1 fully saturated rings. The van der Waals surface area contributed by atoms with Crippen LogP contribution in [0.5, 0.6) is 5.75 Å². The highest BCUT2D eigenvalue weighted by Gasteiger charge is 2.22. The molecular formula is C18H22N2O2S. The fraction of sp³-hybridized carbons (Fsp3) is 0.389. The Labute approximate surface area is 141 Å². The van der Waals surface area contributed by atoms with E-state index in [0.29, 0.717) is 0 Å². The van der Waals surface area contributed by atoms with Crippen molar-refractivity contribution in [3.05, 3.63) is 46.7 Å². The largest absolute Gasteiger partial charge is 0.491 e. The van der Waals surface area contributed by atoms with E-state index in [1.807, 2.05) is 48.4 Å². The molecule has 1 aromatic heterocycles. The third-order valence-electron chi connectivity index (χ3n) is 3.87. The summed E-state index contributed by atoms with van der Waals surface area (Å²) in [4.78, 5) is 17.4. The minimum atomic E-state index is 0.153. The van der Waals surface area contributed by atoms with Gasteiger partial charge in [-0.1, -0.05) is 6.07 Å². The molecule has 1 saturated heterocycles. The zero-order valence-electron chi connectivity index (χ0n) is 13.6. The summed E-state index contributed by atoms with van der Waals surface area (Å²) in [5.74, 6) is 1.05. The molecule has 1 aliphatic rings. The maximum Gasteiger partial charge on any atom is 0.264 e. The molecule has 0 bridgehead atoms. The smallest absolute Gasteiger partial charge is 0.264 e. The van der Waals surface area contributed by atoms with Gasteiger partial charge in [-0.05, 0) is 49.6 Å². The minimum Gasteiger partial charge on any atom is -0.491 e. The Morgan fingerprint density at radius 2 is 1.78 bits per heavy atom. The summed E-state index contributed by atoms with van der Waals surface area (Å²) in [5.41, 5.74) is 1.18. The topological polar surface area (TPSA) is 32.8 Å². The van der Waals surface area contributed by atoms with E-state index in [-0.39, 0.29) is 12.0 Å². The Bertz CT molecular complexity index is 630. The SMILES string of the molecule is CC(C)Oc1ccc(N2CCN(C(=O)c3cccs3)CC2)cc1. The molecule has 3 rings (SSSR count). The molecule has 0 unspecified atom stereocenters. The lowest BCUT2D eigenvalue weighted by molar-refractivity contribution is 0.0751. The molecule has 1 aliphatic heterocycles. The van der Waals surface area contributed by atoms with Crippen molar-refractivity contribution in [3.8, 4) is 5.75 Å².